The van der Waals surface area contributed by atoms with Crippen LogP contribution in [0.5, 0.6) is 0 Å². The van der Waals surface area contributed by atoms with Crippen molar-refractivity contribution in [2.45, 2.75) is 63.8 Å². The van der Waals surface area contributed by atoms with Crippen LogP contribution in [-0.2, 0) is 9.16 Å². The van der Waals surface area contributed by atoms with Gasteiger partial charge in [0.1, 0.15) is 12.3 Å². The molecule has 0 saturated carbocycles. The van der Waals surface area contributed by atoms with E-state index in [0.29, 0.717) is 18.7 Å². The monoisotopic (exact) mass is 366 g/mol. The summed E-state index contributed by atoms with van der Waals surface area (Å²) in [5.74, 6) is 0. The van der Waals surface area contributed by atoms with Gasteiger partial charge in [-0.15, -0.1) is 0 Å². The first-order chi connectivity index (χ1) is 11.6. The topological polar surface area (TPSA) is 102 Å². The van der Waals surface area contributed by atoms with Gasteiger partial charge < -0.3 is 19.3 Å². The number of aromatic nitrogens is 4. The van der Waals surface area contributed by atoms with Crippen molar-refractivity contribution < 1.29 is 14.3 Å². The number of aliphatic hydroxyl groups is 1. The smallest absolute Gasteiger partial charge is 0.278 e. The third kappa shape index (κ3) is 3.41. The fraction of sp³-hybridized carbons (Fsp3) is 0.688. The second-order valence-electron chi connectivity index (χ2n) is 8.06. The maximum absolute atomic E-state index is 11.8. The van der Waals surface area contributed by atoms with Crippen LogP contribution in [0.15, 0.2) is 17.4 Å². The third-order valence-electron chi connectivity index (χ3n) is 5.29. The summed E-state index contributed by atoms with van der Waals surface area (Å²) in [6.07, 6.45) is 1.83. The normalized spacial score (nSPS) is 25.0. The summed E-state index contributed by atoms with van der Waals surface area (Å²) in [4.78, 5) is 22.5. The van der Waals surface area contributed by atoms with E-state index in [1.165, 1.54) is 12.7 Å². The second-order valence-corrected chi connectivity index (χ2v) is 12.9. The van der Waals surface area contributed by atoms with Crippen molar-refractivity contribution in [3.8, 4) is 0 Å². The predicted molar refractivity (Wildman–Crippen MR) is 95.8 cm³/mol. The molecule has 9 heteroatoms. The van der Waals surface area contributed by atoms with Crippen molar-refractivity contribution >= 4 is 19.5 Å². The van der Waals surface area contributed by atoms with Gasteiger partial charge in [0.15, 0.2) is 19.5 Å². The highest BCUT2D eigenvalue weighted by Gasteiger charge is 2.41. The molecular formula is C16H26N4O4Si. The third-order valence-corrected chi connectivity index (χ3v) is 9.79. The van der Waals surface area contributed by atoms with Gasteiger partial charge >= 0.3 is 0 Å². The van der Waals surface area contributed by atoms with Gasteiger partial charge in [-0.25, -0.2) is 9.97 Å². The fourth-order valence-corrected chi connectivity index (χ4v) is 3.63. The highest BCUT2D eigenvalue weighted by Crippen LogP contribution is 2.38. The van der Waals surface area contributed by atoms with E-state index in [9.17, 15) is 9.90 Å². The molecule has 0 bridgehead atoms. The molecule has 0 unspecified atom stereocenters. The van der Waals surface area contributed by atoms with Gasteiger partial charge in [-0.3, -0.25) is 9.36 Å². The van der Waals surface area contributed by atoms with Crippen molar-refractivity contribution in [2.24, 2.45) is 0 Å². The molecule has 0 amide bonds. The molecule has 3 rings (SSSR count). The van der Waals surface area contributed by atoms with Crippen LogP contribution in [-0.4, -0.2) is 51.8 Å². The Labute approximate surface area is 147 Å². The summed E-state index contributed by atoms with van der Waals surface area (Å²) in [5.41, 5.74) is 0.425. The Morgan fingerprint density at radius 3 is 2.84 bits per heavy atom. The van der Waals surface area contributed by atoms with Gasteiger partial charge in [0.2, 0.25) is 0 Å². The Morgan fingerprint density at radius 1 is 1.44 bits per heavy atom. The van der Waals surface area contributed by atoms with Gasteiger partial charge in [-0.2, -0.15) is 0 Å². The molecule has 2 aromatic rings. The Kier molecular flexibility index (Phi) is 4.61. The van der Waals surface area contributed by atoms with Crippen molar-refractivity contribution in [3.05, 3.63) is 23.0 Å². The number of H-pyrrole nitrogens is 1. The largest absolute Gasteiger partial charge is 0.414 e. The number of aromatic amines is 1. The molecule has 8 nitrogen and oxygen atoms in total. The zero-order chi connectivity index (χ0) is 18.4. The number of hydrogen-bond acceptors (Lipinski definition) is 6. The van der Waals surface area contributed by atoms with E-state index in [4.69, 9.17) is 9.16 Å². The molecule has 0 radical (unpaired) electrons. The molecule has 1 fully saturated rings. The Bertz CT molecular complexity index is 810. The minimum atomic E-state index is -1.91. The van der Waals surface area contributed by atoms with E-state index in [1.807, 2.05) is 0 Å². The molecular weight excluding hydrogens is 340 g/mol. The number of aliphatic hydroxyl groups excluding tert-OH is 1. The Balaban J connectivity index is 1.73. The van der Waals surface area contributed by atoms with Crippen molar-refractivity contribution in [1.82, 2.24) is 19.5 Å². The number of imidazole rings is 1. The average molecular weight is 366 g/mol. The molecule has 0 aliphatic carbocycles. The molecule has 3 atom stereocenters. The minimum Gasteiger partial charge on any atom is -0.414 e. The highest BCUT2D eigenvalue weighted by molar-refractivity contribution is 6.74. The molecule has 0 spiro atoms. The number of hydrogen-bond donors (Lipinski definition) is 2. The van der Waals surface area contributed by atoms with Gasteiger partial charge in [0.25, 0.3) is 5.56 Å². The van der Waals surface area contributed by atoms with Gasteiger partial charge in [-0.1, -0.05) is 20.8 Å². The number of rotatable bonds is 4. The molecule has 2 aromatic heterocycles. The molecule has 138 valence electrons. The first kappa shape index (κ1) is 18.2. The summed E-state index contributed by atoms with van der Waals surface area (Å²) < 4.78 is 13.9. The van der Waals surface area contributed by atoms with Crippen LogP contribution in [0.4, 0.5) is 0 Å². The number of nitrogens with zero attached hydrogens (tertiary/aromatic N) is 3. The van der Waals surface area contributed by atoms with Crippen LogP contribution >= 0.6 is 0 Å². The molecule has 3 heterocycles. The van der Waals surface area contributed by atoms with E-state index < -0.39 is 26.8 Å². The first-order valence-corrected chi connectivity index (χ1v) is 11.4. The predicted octanol–water partition coefficient (Wildman–Crippen LogP) is 1.79. The summed E-state index contributed by atoms with van der Waals surface area (Å²) in [7, 11) is -1.91. The molecule has 1 aliphatic heterocycles. The van der Waals surface area contributed by atoms with Gasteiger partial charge in [0, 0.05) is 6.42 Å². The maximum Gasteiger partial charge on any atom is 0.278 e. The fourth-order valence-electron chi connectivity index (χ4n) is 2.62. The van der Waals surface area contributed by atoms with E-state index in [1.54, 1.807) is 4.57 Å². The van der Waals surface area contributed by atoms with Crippen LogP contribution in [0, 0.1) is 0 Å². The summed E-state index contributed by atoms with van der Waals surface area (Å²) in [6, 6.07) is 0. The maximum atomic E-state index is 11.8. The lowest BCUT2D eigenvalue weighted by Gasteiger charge is -2.37. The van der Waals surface area contributed by atoms with Gasteiger partial charge in [0.05, 0.1) is 25.4 Å². The quantitative estimate of drug-likeness (QED) is 0.800. The summed E-state index contributed by atoms with van der Waals surface area (Å²) in [5, 5.41) is 10.5. The van der Waals surface area contributed by atoms with Crippen LogP contribution in [0.1, 0.15) is 33.4 Å². The number of nitrogens with one attached hydrogen (secondary N) is 1. The van der Waals surface area contributed by atoms with Crippen LogP contribution in [0.2, 0.25) is 18.1 Å². The van der Waals surface area contributed by atoms with Gasteiger partial charge in [-0.05, 0) is 18.1 Å². The highest BCUT2D eigenvalue weighted by atomic mass is 28.4. The van der Waals surface area contributed by atoms with E-state index in [0.717, 1.165) is 0 Å². The molecule has 2 N–H and O–H groups in total. The Hall–Kier alpha value is -1.55. The number of fused-ring (bicyclic) bond motifs is 1. The van der Waals surface area contributed by atoms with Crippen molar-refractivity contribution in [2.75, 3.05) is 6.61 Å². The van der Waals surface area contributed by atoms with Crippen molar-refractivity contribution in [3.63, 3.8) is 0 Å². The van der Waals surface area contributed by atoms with E-state index >= 15 is 0 Å². The zero-order valence-electron chi connectivity index (χ0n) is 15.3. The summed E-state index contributed by atoms with van der Waals surface area (Å²) >= 11 is 0. The molecule has 0 aromatic carbocycles. The lowest BCUT2D eigenvalue weighted by molar-refractivity contribution is -0.0405. The van der Waals surface area contributed by atoms with Crippen LogP contribution < -0.4 is 5.56 Å². The second kappa shape index (κ2) is 6.31. The van der Waals surface area contributed by atoms with Crippen LogP contribution in [0.3, 0.4) is 0 Å². The number of ether oxygens (including phenoxy) is 1. The average Bonchev–Trinajstić information content (AvgIpc) is 3.08. The zero-order valence-corrected chi connectivity index (χ0v) is 16.3. The molecule has 1 aliphatic rings. The molecule has 25 heavy (non-hydrogen) atoms. The van der Waals surface area contributed by atoms with E-state index in [-0.39, 0.29) is 16.1 Å². The SMILES string of the molecule is CC(C)(C)[Si](C)(C)OC[C@@H]1O[C@H](n2cnc3c(=O)[nH]cnc32)C[C@@H]1O. The lowest BCUT2D eigenvalue weighted by atomic mass is 10.2. The standard InChI is InChI=1S/C16H26N4O4Si/c1-16(2,3)25(4,5)23-7-11-10(21)6-12(24-11)20-9-19-13-14(20)17-8-18-15(13)22/h8-12,21H,6-7H2,1-5H3,(H,17,18,22)/t10-,11-,12-/m0/s1. The first-order valence-electron chi connectivity index (χ1n) is 8.48. The van der Waals surface area contributed by atoms with Crippen molar-refractivity contribution in [1.29, 1.82) is 0 Å². The minimum absolute atomic E-state index is 0.0987. The lowest BCUT2D eigenvalue weighted by Crippen LogP contribution is -2.43. The Morgan fingerprint density at radius 2 is 2.16 bits per heavy atom. The van der Waals surface area contributed by atoms with Crippen LogP contribution in [0.25, 0.3) is 11.2 Å². The van der Waals surface area contributed by atoms with E-state index in [2.05, 4.69) is 48.8 Å². The molecule has 1 saturated heterocycles. The summed E-state index contributed by atoms with van der Waals surface area (Å²) in [6.45, 7) is 11.2.